The van der Waals surface area contributed by atoms with E-state index in [1.807, 2.05) is 30.4 Å². The van der Waals surface area contributed by atoms with Gasteiger partial charge in [-0.25, -0.2) is 0 Å². The molecule has 2 unspecified atom stereocenters. The second kappa shape index (κ2) is 14.2. The van der Waals surface area contributed by atoms with E-state index in [0.717, 1.165) is 25.7 Å². The predicted octanol–water partition coefficient (Wildman–Crippen LogP) is 5.54. The van der Waals surface area contributed by atoms with Crippen molar-refractivity contribution in [3.05, 3.63) is 72.9 Å². The molecule has 0 saturated carbocycles. The van der Waals surface area contributed by atoms with Crippen LogP contribution in [-0.4, -0.2) is 23.3 Å². The van der Waals surface area contributed by atoms with Crippen LogP contribution < -0.4 is 0 Å². The van der Waals surface area contributed by atoms with Gasteiger partial charge in [0.25, 0.3) is 0 Å². The van der Waals surface area contributed by atoms with Gasteiger partial charge in [-0.15, -0.1) is 0 Å². The third-order valence-electron chi connectivity index (χ3n) is 3.57. The molecule has 25 heavy (non-hydrogen) atoms. The Morgan fingerprint density at radius 3 is 2.44 bits per heavy atom. The van der Waals surface area contributed by atoms with Crippen LogP contribution in [0.1, 0.15) is 45.4 Å². The summed E-state index contributed by atoms with van der Waals surface area (Å²) in [5, 5.41) is 8.51. The maximum absolute atomic E-state index is 10.3. The van der Waals surface area contributed by atoms with Crippen LogP contribution >= 0.6 is 0 Å². The Morgan fingerprint density at radius 1 is 0.920 bits per heavy atom. The monoisotopic (exact) mass is 342 g/mol. The zero-order valence-corrected chi connectivity index (χ0v) is 15.1. The number of hydrogen-bond donors (Lipinski definition) is 1. The lowest BCUT2D eigenvalue weighted by Gasteiger charge is -1.87. The van der Waals surface area contributed by atoms with Crippen LogP contribution in [0.25, 0.3) is 0 Å². The Balaban J connectivity index is 2.04. The Morgan fingerprint density at radius 2 is 1.64 bits per heavy atom. The molecule has 0 bridgehead atoms. The van der Waals surface area contributed by atoms with Crippen molar-refractivity contribution in [1.29, 1.82) is 0 Å². The maximum Gasteiger partial charge on any atom is 0.303 e. The fourth-order valence-electron chi connectivity index (χ4n) is 2.14. The minimum atomic E-state index is -0.750. The summed E-state index contributed by atoms with van der Waals surface area (Å²) in [6, 6.07) is 0. The maximum atomic E-state index is 10.3. The Kier molecular flexibility index (Phi) is 11.9. The molecule has 1 fully saturated rings. The number of carboxylic acid groups (broad SMARTS) is 1. The summed E-state index contributed by atoms with van der Waals surface area (Å²) < 4.78 is 5.58. The molecule has 0 radical (unpaired) electrons. The molecule has 0 amide bonds. The standard InChI is InChI=1S/C22H30O3/c1-2-3-4-5-6-7-8-11-14-17-20-21(25-20)18-15-12-9-10-13-16-19-22(23)24/h3-4,6-8,10-15,17,20-21H,2,5,9,16,18-19H2,1H3,(H,23,24)/b4-3+,7-6+,11-8+,13-10+,15-12+,17-14+. The molecule has 0 aliphatic carbocycles. The number of epoxide rings is 1. The normalized spacial score (nSPS) is 21.2. The Labute approximate surface area is 151 Å². The number of ether oxygens (including phenoxy) is 1. The molecule has 3 heteroatoms. The second-order valence-corrected chi connectivity index (χ2v) is 5.80. The third-order valence-corrected chi connectivity index (χ3v) is 3.57. The van der Waals surface area contributed by atoms with Crippen molar-refractivity contribution in [2.75, 3.05) is 0 Å². The summed E-state index contributed by atoms with van der Waals surface area (Å²) >= 11 is 0. The molecule has 0 aromatic rings. The molecular weight excluding hydrogens is 312 g/mol. The summed E-state index contributed by atoms with van der Waals surface area (Å²) in [4.78, 5) is 10.3. The number of allylic oxidation sites excluding steroid dienone is 10. The topological polar surface area (TPSA) is 49.8 Å². The van der Waals surface area contributed by atoms with Crippen molar-refractivity contribution in [1.82, 2.24) is 0 Å². The molecule has 2 atom stereocenters. The van der Waals surface area contributed by atoms with E-state index in [1.165, 1.54) is 0 Å². The molecule has 0 aromatic heterocycles. The van der Waals surface area contributed by atoms with Gasteiger partial charge in [0.05, 0.1) is 6.10 Å². The van der Waals surface area contributed by atoms with Crippen LogP contribution in [0.3, 0.4) is 0 Å². The summed E-state index contributed by atoms with van der Waals surface area (Å²) in [5.41, 5.74) is 0. The van der Waals surface area contributed by atoms with Crippen molar-refractivity contribution < 1.29 is 14.6 Å². The molecule has 1 heterocycles. The van der Waals surface area contributed by atoms with E-state index in [-0.39, 0.29) is 12.5 Å². The van der Waals surface area contributed by atoms with E-state index in [2.05, 4.69) is 49.5 Å². The molecule has 0 aromatic carbocycles. The number of carboxylic acids is 1. The molecule has 1 rings (SSSR count). The van der Waals surface area contributed by atoms with Gasteiger partial charge >= 0.3 is 5.97 Å². The van der Waals surface area contributed by atoms with Crippen LogP contribution in [0.2, 0.25) is 0 Å². The highest BCUT2D eigenvalue weighted by Crippen LogP contribution is 2.26. The highest BCUT2D eigenvalue weighted by atomic mass is 16.6. The van der Waals surface area contributed by atoms with E-state index in [9.17, 15) is 4.79 Å². The van der Waals surface area contributed by atoms with E-state index in [0.29, 0.717) is 12.5 Å². The van der Waals surface area contributed by atoms with Crippen LogP contribution in [0.15, 0.2) is 72.9 Å². The first-order valence-electron chi connectivity index (χ1n) is 9.06. The van der Waals surface area contributed by atoms with Gasteiger partial charge in [0.2, 0.25) is 0 Å². The highest BCUT2D eigenvalue weighted by molar-refractivity contribution is 5.66. The smallest absolute Gasteiger partial charge is 0.303 e. The third kappa shape index (κ3) is 12.9. The average molecular weight is 342 g/mol. The first-order valence-corrected chi connectivity index (χ1v) is 9.06. The van der Waals surface area contributed by atoms with Gasteiger partial charge in [-0.3, -0.25) is 4.79 Å². The lowest BCUT2D eigenvalue weighted by Crippen LogP contribution is -1.91. The Bertz CT molecular complexity index is 535. The zero-order chi connectivity index (χ0) is 18.2. The van der Waals surface area contributed by atoms with E-state index < -0.39 is 5.97 Å². The SMILES string of the molecule is CC/C=C/C/C=C/C=C/C=C/C1OC1C/C=C/C/C=C/CCC(=O)O. The molecule has 1 saturated heterocycles. The first-order chi connectivity index (χ1) is 12.2. The van der Waals surface area contributed by atoms with Gasteiger partial charge in [0.1, 0.15) is 6.10 Å². The number of rotatable bonds is 13. The molecule has 136 valence electrons. The molecule has 3 nitrogen and oxygen atoms in total. The summed E-state index contributed by atoms with van der Waals surface area (Å²) in [7, 11) is 0. The summed E-state index contributed by atoms with van der Waals surface area (Å²) in [6.07, 6.45) is 30.0. The molecular formula is C22H30O3. The van der Waals surface area contributed by atoms with Crippen LogP contribution in [-0.2, 0) is 9.53 Å². The van der Waals surface area contributed by atoms with Crippen LogP contribution in [0, 0.1) is 0 Å². The van der Waals surface area contributed by atoms with E-state index in [4.69, 9.17) is 9.84 Å². The van der Waals surface area contributed by atoms with Gasteiger partial charge in [0, 0.05) is 6.42 Å². The number of aliphatic carboxylic acids is 1. The number of hydrogen-bond acceptors (Lipinski definition) is 2. The quantitative estimate of drug-likeness (QED) is 0.272. The highest BCUT2D eigenvalue weighted by Gasteiger charge is 2.34. The largest absolute Gasteiger partial charge is 0.481 e. The number of carbonyl (C=O) groups is 1. The zero-order valence-electron chi connectivity index (χ0n) is 15.1. The fourth-order valence-corrected chi connectivity index (χ4v) is 2.14. The minimum Gasteiger partial charge on any atom is -0.481 e. The van der Waals surface area contributed by atoms with E-state index in [1.54, 1.807) is 0 Å². The fraction of sp³-hybridized carbons (Fsp3) is 0.409. The van der Waals surface area contributed by atoms with Crippen LogP contribution in [0.4, 0.5) is 0 Å². The van der Waals surface area contributed by atoms with Crippen molar-refractivity contribution in [2.45, 2.75) is 57.7 Å². The van der Waals surface area contributed by atoms with Gasteiger partial charge in [-0.1, -0.05) is 79.8 Å². The van der Waals surface area contributed by atoms with Crippen molar-refractivity contribution >= 4 is 5.97 Å². The van der Waals surface area contributed by atoms with Gasteiger partial charge in [-0.2, -0.15) is 0 Å². The van der Waals surface area contributed by atoms with E-state index >= 15 is 0 Å². The second-order valence-electron chi connectivity index (χ2n) is 5.80. The van der Waals surface area contributed by atoms with Gasteiger partial charge in [-0.05, 0) is 32.1 Å². The molecule has 1 aliphatic rings. The van der Waals surface area contributed by atoms with Crippen molar-refractivity contribution in [3.63, 3.8) is 0 Å². The predicted molar refractivity (Wildman–Crippen MR) is 105 cm³/mol. The lowest BCUT2D eigenvalue weighted by atomic mass is 10.2. The van der Waals surface area contributed by atoms with Gasteiger partial charge in [0.15, 0.2) is 0 Å². The first kappa shape index (κ1) is 20.9. The Hall–Kier alpha value is -2.13. The molecule has 0 spiro atoms. The summed E-state index contributed by atoms with van der Waals surface area (Å²) in [5.74, 6) is -0.750. The molecule has 1 N–H and O–H groups in total. The van der Waals surface area contributed by atoms with Crippen molar-refractivity contribution in [3.8, 4) is 0 Å². The van der Waals surface area contributed by atoms with Crippen LogP contribution in [0.5, 0.6) is 0 Å². The lowest BCUT2D eigenvalue weighted by molar-refractivity contribution is -0.136. The minimum absolute atomic E-state index is 0.199. The summed E-state index contributed by atoms with van der Waals surface area (Å²) in [6.45, 7) is 2.14. The van der Waals surface area contributed by atoms with Crippen molar-refractivity contribution in [2.24, 2.45) is 0 Å². The van der Waals surface area contributed by atoms with Gasteiger partial charge < -0.3 is 9.84 Å². The molecule has 1 aliphatic heterocycles. The average Bonchev–Trinajstić information content (AvgIpc) is 3.34.